The lowest BCUT2D eigenvalue weighted by Gasteiger charge is -2.35. The summed E-state index contributed by atoms with van der Waals surface area (Å²) in [7, 11) is 0. The number of hydrogen-bond donors (Lipinski definition) is 0. The molecule has 0 bridgehead atoms. The van der Waals surface area contributed by atoms with E-state index in [9.17, 15) is 22.8 Å². The van der Waals surface area contributed by atoms with Crippen LogP contribution in [0.25, 0.3) is 0 Å². The van der Waals surface area contributed by atoms with Gasteiger partial charge in [-0.05, 0) is 19.1 Å². The summed E-state index contributed by atoms with van der Waals surface area (Å²) in [6.45, 7) is 2.53. The van der Waals surface area contributed by atoms with E-state index in [-0.39, 0.29) is 30.3 Å². The number of rotatable bonds is 1. The summed E-state index contributed by atoms with van der Waals surface area (Å²) in [6, 6.07) is 2.80. The maximum absolute atomic E-state index is 13.7. The molecule has 9 heteroatoms. The van der Waals surface area contributed by atoms with Crippen LogP contribution < -0.4 is 0 Å². The van der Waals surface area contributed by atoms with Crippen molar-refractivity contribution in [3.8, 4) is 0 Å². The Morgan fingerprint density at radius 2 is 1.84 bits per heavy atom. The van der Waals surface area contributed by atoms with Crippen LogP contribution in [0.5, 0.6) is 0 Å². The van der Waals surface area contributed by atoms with Crippen LogP contribution in [-0.2, 0) is 4.79 Å². The van der Waals surface area contributed by atoms with Crippen molar-refractivity contribution in [2.45, 2.75) is 13.1 Å². The molecule has 1 fully saturated rings. The number of guanidine groups is 1. The summed E-state index contributed by atoms with van der Waals surface area (Å²) >= 11 is 0. The van der Waals surface area contributed by atoms with Gasteiger partial charge in [-0.3, -0.25) is 9.59 Å². The highest BCUT2D eigenvalue weighted by Gasteiger charge is 2.30. The summed E-state index contributed by atoms with van der Waals surface area (Å²) < 4.78 is 40.1. The van der Waals surface area contributed by atoms with E-state index in [0.717, 1.165) is 12.1 Å². The van der Waals surface area contributed by atoms with Crippen LogP contribution >= 0.6 is 0 Å². The lowest BCUT2D eigenvalue weighted by Crippen LogP contribution is -2.51. The highest BCUT2D eigenvalue weighted by molar-refractivity contribution is 6.16. The SMILES string of the molecule is CC1=NC(N2CCN(C(=O)c3ccc(F)cc3F)CC2)=NC(=O)C1F. The van der Waals surface area contributed by atoms with Crippen LogP contribution in [0.1, 0.15) is 17.3 Å². The van der Waals surface area contributed by atoms with Gasteiger partial charge in [-0.15, -0.1) is 0 Å². The van der Waals surface area contributed by atoms with E-state index >= 15 is 0 Å². The van der Waals surface area contributed by atoms with Crippen molar-refractivity contribution < 1.29 is 22.8 Å². The zero-order valence-corrected chi connectivity index (χ0v) is 13.4. The first-order valence-electron chi connectivity index (χ1n) is 7.68. The number of halogens is 3. The third kappa shape index (κ3) is 3.40. The van der Waals surface area contributed by atoms with E-state index < -0.39 is 29.6 Å². The highest BCUT2D eigenvalue weighted by Crippen LogP contribution is 2.15. The largest absolute Gasteiger partial charge is 0.337 e. The summed E-state index contributed by atoms with van der Waals surface area (Å²) in [5.74, 6) is -2.98. The number of aliphatic imine (C=N–C) groups is 2. The molecule has 0 saturated carbocycles. The molecule has 2 aliphatic heterocycles. The van der Waals surface area contributed by atoms with Crippen molar-refractivity contribution in [2.24, 2.45) is 9.98 Å². The Morgan fingerprint density at radius 1 is 1.16 bits per heavy atom. The first-order chi connectivity index (χ1) is 11.9. The first-order valence-corrected chi connectivity index (χ1v) is 7.68. The van der Waals surface area contributed by atoms with Crippen molar-refractivity contribution in [2.75, 3.05) is 26.2 Å². The molecular formula is C16H15F3N4O2. The van der Waals surface area contributed by atoms with Gasteiger partial charge in [-0.25, -0.2) is 18.2 Å². The minimum Gasteiger partial charge on any atom is -0.337 e. The zero-order chi connectivity index (χ0) is 18.1. The molecule has 1 atom stereocenters. The van der Waals surface area contributed by atoms with Gasteiger partial charge in [0.15, 0.2) is 0 Å². The normalized spacial score (nSPS) is 21.1. The van der Waals surface area contributed by atoms with E-state index in [4.69, 9.17) is 0 Å². The number of alkyl halides is 1. The quantitative estimate of drug-likeness (QED) is 0.768. The van der Waals surface area contributed by atoms with Gasteiger partial charge < -0.3 is 9.80 Å². The third-order valence-corrected chi connectivity index (χ3v) is 4.08. The Kier molecular flexibility index (Phi) is 4.56. The van der Waals surface area contributed by atoms with E-state index in [0.29, 0.717) is 19.2 Å². The molecule has 2 amide bonds. The van der Waals surface area contributed by atoms with Crippen molar-refractivity contribution in [3.05, 3.63) is 35.4 Å². The van der Waals surface area contributed by atoms with Crippen LogP contribution in [0.15, 0.2) is 28.2 Å². The fraction of sp³-hybridized carbons (Fsp3) is 0.375. The lowest BCUT2D eigenvalue weighted by molar-refractivity contribution is -0.120. The molecule has 0 spiro atoms. The molecule has 132 valence electrons. The van der Waals surface area contributed by atoms with Crippen LogP contribution in [-0.4, -0.2) is 65.6 Å². The minimum absolute atomic E-state index is 0.0434. The fourth-order valence-corrected chi connectivity index (χ4v) is 2.66. The fourth-order valence-electron chi connectivity index (χ4n) is 2.66. The molecule has 3 rings (SSSR count). The minimum atomic E-state index is -1.81. The smallest absolute Gasteiger partial charge is 0.289 e. The molecule has 2 aliphatic rings. The second kappa shape index (κ2) is 6.66. The van der Waals surface area contributed by atoms with E-state index in [1.54, 1.807) is 4.90 Å². The lowest BCUT2D eigenvalue weighted by atomic mass is 10.1. The monoisotopic (exact) mass is 352 g/mol. The van der Waals surface area contributed by atoms with Crippen LogP contribution in [0, 0.1) is 11.6 Å². The van der Waals surface area contributed by atoms with Crippen molar-refractivity contribution in [3.63, 3.8) is 0 Å². The van der Waals surface area contributed by atoms with E-state index in [1.165, 1.54) is 11.8 Å². The second-order valence-corrected chi connectivity index (χ2v) is 5.77. The number of carbonyl (C=O) groups is 2. The number of carbonyl (C=O) groups excluding carboxylic acids is 2. The van der Waals surface area contributed by atoms with Crippen LogP contribution in [0.4, 0.5) is 13.2 Å². The van der Waals surface area contributed by atoms with Crippen LogP contribution in [0.2, 0.25) is 0 Å². The maximum atomic E-state index is 13.7. The highest BCUT2D eigenvalue weighted by atomic mass is 19.1. The zero-order valence-electron chi connectivity index (χ0n) is 13.4. The predicted molar refractivity (Wildman–Crippen MR) is 84.3 cm³/mol. The van der Waals surface area contributed by atoms with Gasteiger partial charge in [0.05, 0.1) is 11.3 Å². The Labute approximate surface area is 141 Å². The topological polar surface area (TPSA) is 65.3 Å². The second-order valence-electron chi connectivity index (χ2n) is 5.77. The molecule has 2 heterocycles. The summed E-state index contributed by atoms with van der Waals surface area (Å²) in [5, 5.41) is 0. The molecule has 0 radical (unpaired) electrons. The summed E-state index contributed by atoms with van der Waals surface area (Å²) in [5.41, 5.74) is -0.156. The maximum Gasteiger partial charge on any atom is 0.289 e. The van der Waals surface area contributed by atoms with Gasteiger partial charge in [-0.1, -0.05) is 0 Å². The third-order valence-electron chi connectivity index (χ3n) is 4.08. The van der Waals surface area contributed by atoms with E-state index in [2.05, 4.69) is 9.98 Å². The number of amides is 2. The van der Waals surface area contributed by atoms with Crippen molar-refractivity contribution in [1.29, 1.82) is 0 Å². The average molecular weight is 352 g/mol. The van der Waals surface area contributed by atoms with Gasteiger partial charge in [-0.2, -0.15) is 4.99 Å². The van der Waals surface area contributed by atoms with Gasteiger partial charge in [0, 0.05) is 32.2 Å². The Bertz CT molecular complexity index is 786. The average Bonchev–Trinajstić information content (AvgIpc) is 2.59. The summed E-state index contributed by atoms with van der Waals surface area (Å²) in [4.78, 5) is 34.5. The Balaban J connectivity index is 1.67. The number of benzene rings is 1. The van der Waals surface area contributed by atoms with Gasteiger partial charge in [0.2, 0.25) is 12.1 Å². The molecule has 1 aromatic rings. The molecule has 25 heavy (non-hydrogen) atoms. The molecule has 1 aromatic carbocycles. The number of hydrogen-bond acceptors (Lipinski definition) is 4. The molecule has 0 aromatic heterocycles. The van der Waals surface area contributed by atoms with Gasteiger partial charge in [0.25, 0.3) is 11.8 Å². The van der Waals surface area contributed by atoms with Crippen molar-refractivity contribution in [1.82, 2.24) is 9.80 Å². The molecule has 1 unspecified atom stereocenters. The summed E-state index contributed by atoms with van der Waals surface area (Å²) in [6.07, 6.45) is -1.81. The number of nitrogens with zero attached hydrogens (tertiary/aromatic N) is 4. The molecule has 0 aliphatic carbocycles. The molecular weight excluding hydrogens is 337 g/mol. The predicted octanol–water partition coefficient (Wildman–Crippen LogP) is 1.42. The van der Waals surface area contributed by atoms with Gasteiger partial charge in [0.1, 0.15) is 11.6 Å². The van der Waals surface area contributed by atoms with Gasteiger partial charge >= 0.3 is 0 Å². The standard InChI is InChI=1S/C16H15F3N4O2/c1-9-13(19)14(24)21-16(20-9)23-6-4-22(5-7-23)15(25)11-3-2-10(17)8-12(11)18/h2-3,8,13H,4-7H2,1H3. The van der Waals surface area contributed by atoms with Crippen molar-refractivity contribution >= 4 is 23.5 Å². The molecule has 0 N–H and O–H groups in total. The Morgan fingerprint density at radius 3 is 2.44 bits per heavy atom. The van der Waals surface area contributed by atoms with E-state index in [1.807, 2.05) is 0 Å². The molecule has 1 saturated heterocycles. The molecule has 6 nitrogen and oxygen atoms in total. The first kappa shape index (κ1) is 17.1. The Hall–Kier alpha value is -2.71. The van der Waals surface area contributed by atoms with Crippen LogP contribution in [0.3, 0.4) is 0 Å². The number of piperazine rings is 1.